The van der Waals surface area contributed by atoms with E-state index >= 15 is 0 Å². The highest BCUT2D eigenvalue weighted by molar-refractivity contribution is 7.18. The highest BCUT2D eigenvalue weighted by Crippen LogP contribution is 2.33. The van der Waals surface area contributed by atoms with Gasteiger partial charge in [0.05, 0.1) is 11.6 Å². The molecule has 0 amide bonds. The first kappa shape index (κ1) is 15.1. The van der Waals surface area contributed by atoms with Crippen LogP contribution in [0.15, 0.2) is 34.2 Å². The maximum atomic E-state index is 12.9. The first-order valence-corrected chi connectivity index (χ1v) is 8.82. The standard InChI is InChI=1S/C18H17N3O2S/c1-11-20-17-16(14-4-2-3-5-15(14)24-17)18(23)21(11)19-10-12-6-8-13(22)9-7-12/h6-10,22H,2-5H2,1H3. The Hall–Kier alpha value is -2.47. The molecular weight excluding hydrogens is 322 g/mol. The van der Waals surface area contributed by atoms with Gasteiger partial charge in [-0.15, -0.1) is 11.3 Å². The summed E-state index contributed by atoms with van der Waals surface area (Å²) in [4.78, 5) is 19.7. The second kappa shape index (κ2) is 5.87. The van der Waals surface area contributed by atoms with Crippen molar-refractivity contribution in [3.63, 3.8) is 0 Å². The van der Waals surface area contributed by atoms with Crippen LogP contribution in [0.4, 0.5) is 0 Å². The molecule has 0 atom stereocenters. The number of thiophene rings is 1. The summed E-state index contributed by atoms with van der Waals surface area (Å²) in [5.74, 6) is 0.787. The van der Waals surface area contributed by atoms with Crippen molar-refractivity contribution in [3.05, 3.63) is 56.4 Å². The lowest BCUT2D eigenvalue weighted by Crippen LogP contribution is -2.21. The number of hydrogen-bond acceptors (Lipinski definition) is 5. The summed E-state index contributed by atoms with van der Waals surface area (Å²) in [6.07, 6.45) is 5.93. The van der Waals surface area contributed by atoms with Gasteiger partial charge in [0.2, 0.25) is 0 Å². The van der Waals surface area contributed by atoms with Gasteiger partial charge in [0.15, 0.2) is 0 Å². The SMILES string of the molecule is Cc1nc2sc3c(c2c(=O)n1N=Cc1ccc(O)cc1)CCCC3. The van der Waals surface area contributed by atoms with Crippen LogP contribution in [0, 0.1) is 6.92 Å². The molecule has 2 aromatic heterocycles. The second-order valence-corrected chi connectivity index (χ2v) is 7.09. The molecule has 1 aromatic carbocycles. The third-order valence-electron chi connectivity index (χ3n) is 4.34. The molecule has 0 saturated heterocycles. The van der Waals surface area contributed by atoms with Crippen molar-refractivity contribution in [2.45, 2.75) is 32.6 Å². The highest BCUT2D eigenvalue weighted by Gasteiger charge is 2.20. The summed E-state index contributed by atoms with van der Waals surface area (Å²) >= 11 is 1.65. The van der Waals surface area contributed by atoms with Gasteiger partial charge in [-0.05, 0) is 68.0 Å². The normalized spacial score (nSPS) is 14.4. The van der Waals surface area contributed by atoms with Crippen LogP contribution in [0.3, 0.4) is 0 Å². The fraction of sp³-hybridized carbons (Fsp3) is 0.278. The Balaban J connectivity index is 1.83. The van der Waals surface area contributed by atoms with E-state index in [1.807, 2.05) is 0 Å². The first-order valence-electron chi connectivity index (χ1n) is 8.01. The molecule has 1 N–H and O–H groups in total. The number of aromatic hydroxyl groups is 1. The molecule has 0 fully saturated rings. The molecule has 0 bridgehead atoms. The summed E-state index contributed by atoms with van der Waals surface area (Å²) in [5, 5.41) is 14.4. The molecule has 24 heavy (non-hydrogen) atoms. The third-order valence-corrected chi connectivity index (χ3v) is 5.53. The summed E-state index contributed by atoms with van der Waals surface area (Å²) < 4.78 is 1.37. The predicted molar refractivity (Wildman–Crippen MR) is 96.4 cm³/mol. The zero-order valence-corrected chi connectivity index (χ0v) is 14.1. The molecule has 6 heteroatoms. The van der Waals surface area contributed by atoms with Gasteiger partial charge >= 0.3 is 0 Å². The average molecular weight is 339 g/mol. The Morgan fingerprint density at radius 3 is 2.79 bits per heavy atom. The van der Waals surface area contributed by atoms with E-state index in [-0.39, 0.29) is 11.3 Å². The summed E-state index contributed by atoms with van der Waals surface area (Å²) in [6, 6.07) is 6.68. The summed E-state index contributed by atoms with van der Waals surface area (Å²) in [5.41, 5.74) is 1.89. The molecule has 122 valence electrons. The number of phenols is 1. The van der Waals surface area contributed by atoms with Crippen LogP contribution in [-0.2, 0) is 12.8 Å². The van der Waals surface area contributed by atoms with Crippen molar-refractivity contribution in [3.8, 4) is 5.75 Å². The largest absolute Gasteiger partial charge is 0.508 e. The number of hydrogen-bond donors (Lipinski definition) is 1. The predicted octanol–water partition coefficient (Wildman–Crippen LogP) is 3.23. The van der Waals surface area contributed by atoms with Crippen LogP contribution < -0.4 is 5.56 Å². The summed E-state index contributed by atoms with van der Waals surface area (Å²) in [7, 11) is 0. The van der Waals surface area contributed by atoms with Gasteiger partial charge in [0.1, 0.15) is 16.4 Å². The van der Waals surface area contributed by atoms with E-state index in [1.165, 1.54) is 21.5 Å². The Kier molecular flexibility index (Phi) is 3.69. The minimum atomic E-state index is -0.0908. The second-order valence-electron chi connectivity index (χ2n) is 6.00. The lowest BCUT2D eigenvalue weighted by Gasteiger charge is -2.10. The lowest BCUT2D eigenvalue weighted by molar-refractivity contribution is 0.475. The van der Waals surface area contributed by atoms with Crippen molar-refractivity contribution in [2.75, 3.05) is 0 Å². The highest BCUT2D eigenvalue weighted by atomic mass is 32.1. The van der Waals surface area contributed by atoms with Gasteiger partial charge in [-0.3, -0.25) is 4.79 Å². The van der Waals surface area contributed by atoms with E-state index in [0.717, 1.165) is 35.0 Å². The van der Waals surface area contributed by atoms with Crippen LogP contribution in [-0.4, -0.2) is 21.0 Å². The number of nitrogens with zero attached hydrogens (tertiary/aromatic N) is 3. The molecule has 2 heterocycles. The monoisotopic (exact) mass is 339 g/mol. The van der Waals surface area contributed by atoms with Gasteiger partial charge < -0.3 is 5.11 Å². The maximum Gasteiger partial charge on any atom is 0.283 e. The van der Waals surface area contributed by atoms with E-state index in [1.54, 1.807) is 48.7 Å². The molecule has 0 unspecified atom stereocenters. The lowest BCUT2D eigenvalue weighted by atomic mass is 9.97. The zero-order chi connectivity index (χ0) is 16.7. The van der Waals surface area contributed by atoms with E-state index in [9.17, 15) is 9.90 Å². The Morgan fingerprint density at radius 1 is 1.25 bits per heavy atom. The minimum absolute atomic E-state index is 0.0908. The molecule has 3 aromatic rings. The van der Waals surface area contributed by atoms with Gasteiger partial charge in [-0.25, -0.2) is 4.98 Å². The molecule has 0 saturated carbocycles. The Bertz CT molecular complexity index is 1000. The number of aromatic nitrogens is 2. The number of fused-ring (bicyclic) bond motifs is 3. The van der Waals surface area contributed by atoms with E-state index < -0.39 is 0 Å². The molecular formula is C18H17N3O2S. The van der Waals surface area contributed by atoms with E-state index in [0.29, 0.717) is 5.82 Å². The molecule has 1 aliphatic rings. The van der Waals surface area contributed by atoms with Crippen molar-refractivity contribution in [1.82, 2.24) is 9.66 Å². The quantitative estimate of drug-likeness (QED) is 0.729. The van der Waals surface area contributed by atoms with Crippen molar-refractivity contribution in [1.29, 1.82) is 0 Å². The molecule has 0 spiro atoms. The smallest absolute Gasteiger partial charge is 0.283 e. The van der Waals surface area contributed by atoms with Gasteiger partial charge in [0.25, 0.3) is 5.56 Å². The fourth-order valence-electron chi connectivity index (χ4n) is 3.12. The molecule has 5 nitrogen and oxygen atoms in total. The van der Waals surface area contributed by atoms with Crippen LogP contribution in [0.1, 0.15) is 34.7 Å². The Morgan fingerprint density at radius 2 is 2.00 bits per heavy atom. The molecule has 1 aliphatic carbocycles. The van der Waals surface area contributed by atoms with Crippen molar-refractivity contribution < 1.29 is 5.11 Å². The van der Waals surface area contributed by atoms with Crippen LogP contribution >= 0.6 is 11.3 Å². The maximum absolute atomic E-state index is 12.9. The van der Waals surface area contributed by atoms with E-state index in [4.69, 9.17) is 0 Å². The molecule has 4 rings (SSSR count). The minimum Gasteiger partial charge on any atom is -0.508 e. The van der Waals surface area contributed by atoms with Crippen LogP contribution in [0.2, 0.25) is 0 Å². The number of aryl methyl sites for hydroxylation is 3. The Labute approximate surface area is 142 Å². The number of rotatable bonds is 2. The number of benzene rings is 1. The van der Waals surface area contributed by atoms with Crippen molar-refractivity contribution >= 4 is 27.8 Å². The molecule has 0 aliphatic heterocycles. The van der Waals surface area contributed by atoms with Gasteiger partial charge in [0, 0.05) is 4.88 Å². The zero-order valence-electron chi connectivity index (χ0n) is 13.3. The van der Waals surface area contributed by atoms with Crippen molar-refractivity contribution in [2.24, 2.45) is 5.10 Å². The first-order chi connectivity index (χ1) is 11.6. The average Bonchev–Trinajstić information content (AvgIpc) is 2.94. The van der Waals surface area contributed by atoms with E-state index in [2.05, 4.69) is 10.1 Å². The fourth-order valence-corrected chi connectivity index (χ4v) is 4.42. The summed E-state index contributed by atoms with van der Waals surface area (Å²) in [6.45, 7) is 1.80. The van der Waals surface area contributed by atoms with Crippen LogP contribution in [0.5, 0.6) is 5.75 Å². The van der Waals surface area contributed by atoms with Crippen LogP contribution in [0.25, 0.3) is 10.2 Å². The third kappa shape index (κ3) is 2.53. The van der Waals surface area contributed by atoms with Gasteiger partial charge in [-0.1, -0.05) is 0 Å². The topological polar surface area (TPSA) is 67.5 Å². The number of phenolic OH excluding ortho intramolecular Hbond substituents is 1. The molecule has 0 radical (unpaired) electrons. The van der Waals surface area contributed by atoms with Gasteiger partial charge in [-0.2, -0.15) is 9.78 Å².